The first-order valence-electron chi connectivity index (χ1n) is 8.71. The summed E-state index contributed by atoms with van der Waals surface area (Å²) < 4.78 is 2.78. The molecule has 0 saturated carbocycles. The van der Waals surface area contributed by atoms with Gasteiger partial charge in [0.1, 0.15) is 0 Å². The molecule has 0 aliphatic rings. The number of pyridine rings is 1. The topological polar surface area (TPSA) is 72.7 Å². The number of rotatable bonds is 4. The molecule has 0 radical (unpaired) electrons. The van der Waals surface area contributed by atoms with Crippen LogP contribution in [0.3, 0.4) is 0 Å². The number of thiazole rings is 1. The molecule has 4 rings (SSSR count). The highest BCUT2D eigenvalue weighted by Gasteiger charge is 2.22. The van der Waals surface area contributed by atoms with Crippen LogP contribution < -0.4 is 5.32 Å². The number of anilines is 1. The van der Waals surface area contributed by atoms with Crippen molar-refractivity contribution >= 4 is 32.6 Å². The third kappa shape index (κ3) is 3.33. The second-order valence-electron chi connectivity index (χ2n) is 6.64. The Labute approximate surface area is 160 Å². The number of nitrogens with zero attached hydrogens (tertiary/aromatic N) is 4. The summed E-state index contributed by atoms with van der Waals surface area (Å²) in [5.74, 6) is 0.584. The van der Waals surface area contributed by atoms with Crippen LogP contribution in [0, 0.1) is 6.92 Å². The number of fused-ring (bicyclic) bond motifs is 1. The SMILES string of the molecule is Cc1ccc2nc(NC(=O)c3cnn(-c4ccccn4)c3C(C)C)sc2c1. The van der Waals surface area contributed by atoms with E-state index >= 15 is 0 Å². The van der Waals surface area contributed by atoms with Crippen molar-refractivity contribution in [3.63, 3.8) is 0 Å². The van der Waals surface area contributed by atoms with Gasteiger partial charge in [0.2, 0.25) is 0 Å². The van der Waals surface area contributed by atoms with Crippen LogP contribution in [0.1, 0.15) is 41.4 Å². The Kier molecular flexibility index (Phi) is 4.45. The highest BCUT2D eigenvalue weighted by Crippen LogP contribution is 2.28. The molecule has 1 aromatic carbocycles. The minimum Gasteiger partial charge on any atom is -0.298 e. The van der Waals surface area contributed by atoms with Crippen LogP contribution >= 0.6 is 11.3 Å². The van der Waals surface area contributed by atoms with Crippen molar-refractivity contribution < 1.29 is 4.79 Å². The van der Waals surface area contributed by atoms with Crippen LogP contribution in [-0.4, -0.2) is 25.7 Å². The molecule has 136 valence electrons. The third-order valence-corrected chi connectivity index (χ3v) is 5.16. The van der Waals surface area contributed by atoms with Gasteiger partial charge < -0.3 is 0 Å². The smallest absolute Gasteiger partial charge is 0.260 e. The first kappa shape index (κ1) is 17.4. The van der Waals surface area contributed by atoms with Crippen molar-refractivity contribution in [3.8, 4) is 5.82 Å². The summed E-state index contributed by atoms with van der Waals surface area (Å²) in [6, 6.07) is 11.7. The Morgan fingerprint density at radius 3 is 2.81 bits per heavy atom. The summed E-state index contributed by atoms with van der Waals surface area (Å²) in [4.78, 5) is 21.8. The number of amides is 1. The van der Waals surface area contributed by atoms with E-state index in [1.165, 1.54) is 16.9 Å². The van der Waals surface area contributed by atoms with Crippen LogP contribution in [0.4, 0.5) is 5.13 Å². The van der Waals surface area contributed by atoms with Crippen molar-refractivity contribution in [2.75, 3.05) is 5.32 Å². The average molecular weight is 377 g/mol. The summed E-state index contributed by atoms with van der Waals surface area (Å²) in [5, 5.41) is 7.91. The number of benzene rings is 1. The number of carbonyl (C=O) groups excluding carboxylic acids is 1. The molecule has 27 heavy (non-hydrogen) atoms. The van der Waals surface area contributed by atoms with E-state index in [2.05, 4.69) is 26.4 Å². The van der Waals surface area contributed by atoms with Crippen LogP contribution in [0.15, 0.2) is 48.8 Å². The summed E-state index contributed by atoms with van der Waals surface area (Å²) in [7, 11) is 0. The second-order valence-corrected chi connectivity index (χ2v) is 7.67. The Morgan fingerprint density at radius 2 is 2.07 bits per heavy atom. The molecule has 0 aliphatic carbocycles. The number of hydrogen-bond donors (Lipinski definition) is 1. The lowest BCUT2D eigenvalue weighted by Gasteiger charge is -2.11. The average Bonchev–Trinajstić information content (AvgIpc) is 3.25. The van der Waals surface area contributed by atoms with Crippen LogP contribution in [0.25, 0.3) is 16.0 Å². The molecule has 3 aromatic heterocycles. The highest BCUT2D eigenvalue weighted by molar-refractivity contribution is 7.22. The van der Waals surface area contributed by atoms with Crippen molar-refractivity contribution in [2.24, 2.45) is 0 Å². The van der Waals surface area contributed by atoms with Crippen molar-refractivity contribution in [1.82, 2.24) is 19.7 Å². The molecule has 3 heterocycles. The lowest BCUT2D eigenvalue weighted by atomic mass is 10.1. The van der Waals surface area contributed by atoms with Crippen LogP contribution in [-0.2, 0) is 0 Å². The number of nitrogens with one attached hydrogen (secondary N) is 1. The monoisotopic (exact) mass is 377 g/mol. The number of hydrogen-bond acceptors (Lipinski definition) is 5. The fraction of sp³-hybridized carbons (Fsp3) is 0.200. The van der Waals surface area contributed by atoms with E-state index in [1.807, 2.05) is 51.1 Å². The molecule has 7 heteroatoms. The summed E-state index contributed by atoms with van der Waals surface area (Å²) in [6.45, 7) is 6.11. The Hall–Kier alpha value is -3.06. The van der Waals surface area contributed by atoms with E-state index in [0.29, 0.717) is 16.5 Å². The highest BCUT2D eigenvalue weighted by atomic mass is 32.1. The molecule has 4 aromatic rings. The van der Waals surface area contributed by atoms with Crippen molar-refractivity contribution in [3.05, 3.63) is 65.6 Å². The maximum Gasteiger partial charge on any atom is 0.260 e. The molecule has 1 amide bonds. The lowest BCUT2D eigenvalue weighted by Crippen LogP contribution is -2.15. The lowest BCUT2D eigenvalue weighted by molar-refractivity contribution is 0.102. The van der Waals surface area contributed by atoms with E-state index in [0.717, 1.165) is 15.9 Å². The zero-order valence-electron chi connectivity index (χ0n) is 15.3. The fourth-order valence-electron chi connectivity index (χ4n) is 3.00. The van der Waals surface area contributed by atoms with Gasteiger partial charge in [0.15, 0.2) is 10.9 Å². The molecule has 0 atom stereocenters. The first-order chi connectivity index (χ1) is 13.0. The molecule has 6 nitrogen and oxygen atoms in total. The Morgan fingerprint density at radius 1 is 1.22 bits per heavy atom. The van der Waals surface area contributed by atoms with Gasteiger partial charge in [-0.1, -0.05) is 37.3 Å². The fourth-order valence-corrected chi connectivity index (χ4v) is 3.96. The molecule has 0 unspecified atom stereocenters. The maximum absolute atomic E-state index is 12.9. The first-order valence-corrected chi connectivity index (χ1v) is 9.52. The molecule has 0 fully saturated rings. The number of carbonyl (C=O) groups is 1. The van der Waals surface area contributed by atoms with Crippen LogP contribution in [0.2, 0.25) is 0 Å². The molecule has 0 spiro atoms. The van der Waals surface area contributed by atoms with E-state index < -0.39 is 0 Å². The van der Waals surface area contributed by atoms with E-state index in [4.69, 9.17) is 0 Å². The third-order valence-electron chi connectivity index (χ3n) is 4.23. The predicted octanol–water partition coefficient (Wildman–Crippen LogP) is 4.56. The normalized spacial score (nSPS) is 11.3. The maximum atomic E-state index is 12.9. The predicted molar refractivity (Wildman–Crippen MR) is 108 cm³/mol. The van der Waals surface area contributed by atoms with Gasteiger partial charge in [-0.15, -0.1) is 0 Å². The van der Waals surface area contributed by atoms with Gasteiger partial charge in [-0.25, -0.2) is 14.6 Å². The molecule has 0 saturated heterocycles. The van der Waals surface area contributed by atoms with Crippen molar-refractivity contribution in [1.29, 1.82) is 0 Å². The summed E-state index contributed by atoms with van der Waals surface area (Å²) >= 11 is 1.47. The van der Waals surface area contributed by atoms with Gasteiger partial charge in [0.05, 0.1) is 27.7 Å². The zero-order valence-corrected chi connectivity index (χ0v) is 16.1. The minimum atomic E-state index is -0.211. The molecule has 1 N–H and O–H groups in total. The summed E-state index contributed by atoms with van der Waals surface area (Å²) in [6.07, 6.45) is 3.31. The molecular weight excluding hydrogens is 358 g/mol. The minimum absolute atomic E-state index is 0.105. The van der Waals surface area contributed by atoms with Gasteiger partial charge in [-0.2, -0.15) is 5.10 Å². The van der Waals surface area contributed by atoms with E-state index in [1.54, 1.807) is 17.1 Å². The standard InChI is InChI=1S/C20H19N5OS/c1-12(2)18-14(11-22-25(18)17-6-4-5-9-21-17)19(26)24-20-23-15-8-7-13(3)10-16(15)27-20/h4-12H,1-3H3,(H,23,24,26). The molecular formula is C20H19N5OS. The molecule has 0 bridgehead atoms. The number of aryl methyl sites for hydroxylation is 1. The number of aromatic nitrogens is 4. The Balaban J connectivity index is 1.68. The van der Waals surface area contributed by atoms with Gasteiger partial charge in [-0.3, -0.25) is 10.1 Å². The van der Waals surface area contributed by atoms with Gasteiger partial charge in [-0.05, 0) is 42.7 Å². The largest absolute Gasteiger partial charge is 0.298 e. The van der Waals surface area contributed by atoms with Crippen molar-refractivity contribution in [2.45, 2.75) is 26.7 Å². The van der Waals surface area contributed by atoms with Gasteiger partial charge in [0.25, 0.3) is 5.91 Å². The zero-order chi connectivity index (χ0) is 19.0. The second kappa shape index (κ2) is 6.92. The van der Waals surface area contributed by atoms with Gasteiger partial charge >= 0.3 is 0 Å². The van der Waals surface area contributed by atoms with Crippen LogP contribution in [0.5, 0.6) is 0 Å². The van der Waals surface area contributed by atoms with E-state index in [9.17, 15) is 4.79 Å². The quantitative estimate of drug-likeness (QED) is 0.566. The van der Waals surface area contributed by atoms with E-state index in [-0.39, 0.29) is 11.8 Å². The van der Waals surface area contributed by atoms with Gasteiger partial charge in [0, 0.05) is 6.20 Å². The Bertz CT molecular complexity index is 1110. The summed E-state index contributed by atoms with van der Waals surface area (Å²) in [5.41, 5.74) is 3.41. The molecule has 0 aliphatic heterocycles.